The molecule has 2 aliphatic rings. The van der Waals surface area contributed by atoms with Crippen molar-refractivity contribution >= 4 is 12.4 Å². The molecular formula is C15H26ClN3O. The highest BCUT2D eigenvalue weighted by atomic mass is 35.5. The summed E-state index contributed by atoms with van der Waals surface area (Å²) < 4.78 is 5.62. The maximum atomic E-state index is 5.62. The number of hydrogen-bond donors (Lipinski definition) is 1. The van der Waals surface area contributed by atoms with Gasteiger partial charge in [0.25, 0.3) is 0 Å². The van der Waals surface area contributed by atoms with Gasteiger partial charge in [-0.15, -0.1) is 12.4 Å². The highest BCUT2D eigenvalue weighted by Crippen LogP contribution is 2.34. The topological polar surface area (TPSA) is 41.3 Å². The summed E-state index contributed by atoms with van der Waals surface area (Å²) in [4.78, 5) is 2.50. The number of aromatic nitrogens is 1. The summed E-state index contributed by atoms with van der Waals surface area (Å²) in [5.41, 5.74) is 1.11. The Bertz CT molecular complexity index is 423. The van der Waals surface area contributed by atoms with E-state index in [4.69, 9.17) is 4.52 Å². The summed E-state index contributed by atoms with van der Waals surface area (Å²) in [5, 5.41) is 7.90. The lowest BCUT2D eigenvalue weighted by molar-refractivity contribution is 0.233. The molecule has 1 aromatic heterocycles. The second-order valence-electron chi connectivity index (χ2n) is 6.04. The molecule has 2 saturated heterocycles. The molecule has 5 heteroatoms. The first-order valence-electron chi connectivity index (χ1n) is 7.68. The average molecular weight is 300 g/mol. The minimum absolute atomic E-state index is 0. The van der Waals surface area contributed by atoms with Crippen molar-refractivity contribution in [3.05, 3.63) is 17.5 Å². The van der Waals surface area contributed by atoms with Gasteiger partial charge in [-0.3, -0.25) is 0 Å². The third-order valence-corrected chi connectivity index (χ3v) is 4.71. The monoisotopic (exact) mass is 299 g/mol. The molecule has 0 radical (unpaired) electrons. The van der Waals surface area contributed by atoms with Gasteiger partial charge in [-0.05, 0) is 45.8 Å². The van der Waals surface area contributed by atoms with E-state index in [9.17, 15) is 0 Å². The normalized spacial score (nSPS) is 30.6. The van der Waals surface area contributed by atoms with Crippen molar-refractivity contribution in [2.45, 2.75) is 57.0 Å². The fourth-order valence-electron chi connectivity index (χ4n) is 3.72. The third kappa shape index (κ3) is 3.02. The van der Waals surface area contributed by atoms with Gasteiger partial charge in [0.15, 0.2) is 0 Å². The summed E-state index contributed by atoms with van der Waals surface area (Å²) in [5.74, 6) is 1.60. The van der Waals surface area contributed by atoms with Crippen LogP contribution in [0.1, 0.15) is 50.0 Å². The fraction of sp³-hybridized carbons (Fsp3) is 0.800. The van der Waals surface area contributed by atoms with Crippen LogP contribution in [-0.4, -0.2) is 42.3 Å². The molecule has 3 heterocycles. The lowest BCUT2D eigenvalue weighted by Crippen LogP contribution is -2.44. The number of rotatable bonds is 4. The highest BCUT2D eigenvalue weighted by molar-refractivity contribution is 5.85. The van der Waals surface area contributed by atoms with Crippen LogP contribution < -0.4 is 5.32 Å². The molecule has 0 aromatic carbocycles. The van der Waals surface area contributed by atoms with Crippen molar-refractivity contribution in [3.63, 3.8) is 0 Å². The van der Waals surface area contributed by atoms with Gasteiger partial charge in [0, 0.05) is 24.1 Å². The second kappa shape index (κ2) is 6.92. The highest BCUT2D eigenvalue weighted by Gasteiger charge is 2.39. The van der Waals surface area contributed by atoms with E-state index in [2.05, 4.69) is 35.4 Å². The molecule has 3 rings (SSSR count). The van der Waals surface area contributed by atoms with Gasteiger partial charge < -0.3 is 14.7 Å². The minimum atomic E-state index is 0. The molecule has 0 bridgehead atoms. The average Bonchev–Trinajstić information content (AvgIpc) is 3.07. The zero-order chi connectivity index (χ0) is 13.2. The molecule has 1 aromatic rings. The quantitative estimate of drug-likeness (QED) is 0.928. The van der Waals surface area contributed by atoms with E-state index in [0.717, 1.165) is 30.8 Å². The van der Waals surface area contributed by atoms with Crippen LogP contribution in [0.5, 0.6) is 0 Å². The molecule has 2 fully saturated rings. The molecular weight excluding hydrogens is 274 g/mol. The molecule has 0 aliphatic carbocycles. The van der Waals surface area contributed by atoms with E-state index < -0.39 is 0 Å². The first kappa shape index (κ1) is 15.8. The van der Waals surface area contributed by atoms with Crippen molar-refractivity contribution in [2.24, 2.45) is 0 Å². The Morgan fingerprint density at radius 1 is 1.45 bits per heavy atom. The number of likely N-dealkylation sites (tertiary alicyclic amines) is 1. The summed E-state index contributed by atoms with van der Waals surface area (Å²) in [6.45, 7) is 4.51. The first-order chi connectivity index (χ1) is 9.29. The van der Waals surface area contributed by atoms with Gasteiger partial charge in [0.05, 0.1) is 5.69 Å². The molecule has 3 atom stereocenters. The van der Waals surface area contributed by atoms with Crippen molar-refractivity contribution in [1.82, 2.24) is 15.4 Å². The van der Waals surface area contributed by atoms with Crippen LogP contribution in [0.2, 0.25) is 0 Å². The lowest BCUT2D eigenvalue weighted by atomic mass is 9.91. The van der Waals surface area contributed by atoms with Crippen LogP contribution in [0.4, 0.5) is 0 Å². The minimum Gasteiger partial charge on any atom is -0.361 e. The van der Waals surface area contributed by atoms with Gasteiger partial charge in [0.1, 0.15) is 5.76 Å². The third-order valence-electron chi connectivity index (χ3n) is 4.71. The number of halogens is 1. The maximum absolute atomic E-state index is 5.62. The van der Waals surface area contributed by atoms with E-state index in [0.29, 0.717) is 18.0 Å². The smallest absolute Gasteiger partial charge is 0.141 e. The molecule has 2 unspecified atom stereocenters. The van der Waals surface area contributed by atoms with E-state index >= 15 is 0 Å². The van der Waals surface area contributed by atoms with Crippen LogP contribution in [0, 0.1) is 0 Å². The zero-order valence-corrected chi connectivity index (χ0v) is 13.3. The Morgan fingerprint density at radius 2 is 2.30 bits per heavy atom. The molecule has 0 saturated carbocycles. The largest absolute Gasteiger partial charge is 0.361 e. The summed E-state index contributed by atoms with van der Waals surface area (Å²) in [6, 6.07) is 3.38. The van der Waals surface area contributed by atoms with E-state index in [1.165, 1.54) is 25.8 Å². The van der Waals surface area contributed by atoms with E-state index in [1.54, 1.807) is 0 Å². The van der Waals surface area contributed by atoms with Crippen molar-refractivity contribution in [3.8, 4) is 0 Å². The standard InChI is InChI=1S/C15H25N3O.ClH/c1-3-5-11-10-14(19-17-11)12-7-8-16-15(12)13-6-4-9-18(13)2;/h10,12-13,15-16H,3-9H2,1-2H3;1H/t12?,13?,15-;/m0./s1. The number of nitrogens with one attached hydrogen (secondary N) is 1. The molecule has 1 N–H and O–H groups in total. The predicted molar refractivity (Wildman–Crippen MR) is 82.5 cm³/mol. The first-order valence-corrected chi connectivity index (χ1v) is 7.68. The second-order valence-corrected chi connectivity index (χ2v) is 6.04. The van der Waals surface area contributed by atoms with Gasteiger partial charge >= 0.3 is 0 Å². The maximum Gasteiger partial charge on any atom is 0.141 e. The number of aryl methyl sites for hydroxylation is 1. The molecule has 0 spiro atoms. The van der Waals surface area contributed by atoms with Crippen molar-refractivity contribution in [1.29, 1.82) is 0 Å². The molecule has 0 amide bonds. The molecule has 20 heavy (non-hydrogen) atoms. The SMILES string of the molecule is CCCc1cc(C2CCN[C@@H]2C2CCCN2C)on1.Cl. The summed E-state index contributed by atoms with van der Waals surface area (Å²) in [6.07, 6.45) is 5.96. The number of likely N-dealkylation sites (N-methyl/N-ethyl adjacent to an activating group) is 1. The van der Waals surface area contributed by atoms with Crippen molar-refractivity contribution < 1.29 is 4.52 Å². The Hall–Kier alpha value is -0.580. The van der Waals surface area contributed by atoms with Gasteiger partial charge in [-0.2, -0.15) is 0 Å². The van der Waals surface area contributed by atoms with Crippen LogP contribution in [-0.2, 0) is 6.42 Å². The van der Waals surface area contributed by atoms with Gasteiger partial charge in [-0.1, -0.05) is 18.5 Å². The van der Waals surface area contributed by atoms with Crippen LogP contribution in [0.25, 0.3) is 0 Å². The molecule has 114 valence electrons. The molecule has 2 aliphatic heterocycles. The zero-order valence-electron chi connectivity index (χ0n) is 12.5. The summed E-state index contributed by atoms with van der Waals surface area (Å²) >= 11 is 0. The van der Waals surface area contributed by atoms with Crippen LogP contribution >= 0.6 is 12.4 Å². The van der Waals surface area contributed by atoms with E-state index in [-0.39, 0.29) is 12.4 Å². The van der Waals surface area contributed by atoms with E-state index in [1.807, 2.05) is 0 Å². The van der Waals surface area contributed by atoms with Gasteiger partial charge in [-0.25, -0.2) is 0 Å². The fourth-order valence-corrected chi connectivity index (χ4v) is 3.72. The number of hydrogen-bond acceptors (Lipinski definition) is 4. The van der Waals surface area contributed by atoms with Crippen LogP contribution in [0.3, 0.4) is 0 Å². The Labute approximate surface area is 127 Å². The lowest BCUT2D eigenvalue weighted by Gasteiger charge is -2.29. The van der Waals surface area contributed by atoms with Crippen LogP contribution in [0.15, 0.2) is 10.6 Å². The predicted octanol–water partition coefficient (Wildman–Crippen LogP) is 2.59. The Kier molecular flexibility index (Phi) is 5.47. The Morgan fingerprint density at radius 3 is 3.00 bits per heavy atom. The summed E-state index contributed by atoms with van der Waals surface area (Å²) in [7, 11) is 2.25. The van der Waals surface area contributed by atoms with Gasteiger partial charge in [0.2, 0.25) is 0 Å². The molecule has 4 nitrogen and oxygen atoms in total. The van der Waals surface area contributed by atoms with Crippen molar-refractivity contribution in [2.75, 3.05) is 20.1 Å². The number of nitrogens with zero attached hydrogens (tertiary/aromatic N) is 2. The Balaban J connectivity index is 0.00000147.